The Labute approximate surface area is 121 Å². The predicted octanol–water partition coefficient (Wildman–Crippen LogP) is 4.86. The van der Waals surface area contributed by atoms with Crippen molar-refractivity contribution in [1.29, 1.82) is 0 Å². The van der Waals surface area contributed by atoms with E-state index in [-0.39, 0.29) is 0 Å². The van der Waals surface area contributed by atoms with Crippen molar-refractivity contribution < 1.29 is 0 Å². The smallest absolute Gasteiger partial charge is 0.0378 e. The highest BCUT2D eigenvalue weighted by Crippen LogP contribution is 2.38. The average molecular weight is 263 g/mol. The number of rotatable bonds is 4. The van der Waals surface area contributed by atoms with E-state index in [1.807, 2.05) is 6.08 Å². The van der Waals surface area contributed by atoms with Crippen molar-refractivity contribution in [3.63, 3.8) is 0 Å². The van der Waals surface area contributed by atoms with Gasteiger partial charge in [0.05, 0.1) is 0 Å². The van der Waals surface area contributed by atoms with Crippen molar-refractivity contribution in [2.45, 2.75) is 31.7 Å². The summed E-state index contributed by atoms with van der Waals surface area (Å²) in [4.78, 5) is 0. The largest absolute Gasteiger partial charge is 0.382 e. The molecule has 0 fully saturated rings. The molecule has 1 aliphatic heterocycles. The summed E-state index contributed by atoms with van der Waals surface area (Å²) in [6.07, 6.45) is 4.21. The summed E-state index contributed by atoms with van der Waals surface area (Å²) >= 11 is 0. The van der Waals surface area contributed by atoms with Crippen molar-refractivity contribution in [2.24, 2.45) is 0 Å². The van der Waals surface area contributed by atoms with Gasteiger partial charge in [-0.05, 0) is 42.5 Å². The van der Waals surface area contributed by atoms with Crippen LogP contribution < -0.4 is 5.32 Å². The number of hydrogen-bond acceptors (Lipinski definition) is 1. The van der Waals surface area contributed by atoms with Crippen LogP contribution in [0, 0.1) is 0 Å². The molecule has 0 radical (unpaired) electrons. The first kappa shape index (κ1) is 13.0. The third kappa shape index (κ3) is 2.49. The van der Waals surface area contributed by atoms with Crippen LogP contribution in [0.3, 0.4) is 0 Å². The molecule has 0 saturated carbocycles. The molecule has 0 spiro atoms. The summed E-state index contributed by atoms with van der Waals surface area (Å²) in [6.45, 7) is 6.08. The third-order valence-electron chi connectivity index (χ3n) is 4.31. The molecule has 1 N–H and O–H groups in total. The number of aryl methyl sites for hydroxylation is 1. The molecule has 2 aromatic carbocycles. The monoisotopic (exact) mass is 263 g/mol. The van der Waals surface area contributed by atoms with E-state index in [0.717, 1.165) is 6.42 Å². The van der Waals surface area contributed by atoms with Crippen LogP contribution in [0.15, 0.2) is 55.1 Å². The highest BCUT2D eigenvalue weighted by molar-refractivity contribution is 5.59. The van der Waals surface area contributed by atoms with Crippen LogP contribution in [0.1, 0.15) is 36.0 Å². The third-order valence-corrected chi connectivity index (χ3v) is 4.31. The van der Waals surface area contributed by atoms with E-state index in [1.54, 1.807) is 0 Å². The zero-order chi connectivity index (χ0) is 13.9. The summed E-state index contributed by atoms with van der Waals surface area (Å²) in [5, 5.41) is 3.59. The molecule has 1 nitrogen and oxygen atoms in total. The molecule has 0 aromatic heterocycles. The molecule has 0 amide bonds. The topological polar surface area (TPSA) is 12.0 Å². The molecule has 1 heteroatoms. The Balaban J connectivity index is 1.70. The highest BCUT2D eigenvalue weighted by atomic mass is 15.0. The van der Waals surface area contributed by atoms with Crippen LogP contribution >= 0.6 is 0 Å². The summed E-state index contributed by atoms with van der Waals surface area (Å²) in [5.41, 5.74) is 5.39. The van der Waals surface area contributed by atoms with Gasteiger partial charge in [-0.1, -0.05) is 55.1 Å². The molecule has 2 aromatic rings. The lowest BCUT2D eigenvalue weighted by molar-refractivity contribution is 0.583. The quantitative estimate of drug-likeness (QED) is 0.830. The first-order chi connectivity index (χ1) is 9.78. The van der Waals surface area contributed by atoms with E-state index in [9.17, 15) is 0 Å². The summed E-state index contributed by atoms with van der Waals surface area (Å²) in [5.74, 6) is 0.616. The molecule has 2 atom stereocenters. The van der Waals surface area contributed by atoms with Gasteiger partial charge in [0.25, 0.3) is 0 Å². The van der Waals surface area contributed by atoms with Crippen molar-refractivity contribution in [3.8, 4) is 0 Å². The number of para-hydroxylation sites is 1. The first-order valence-corrected chi connectivity index (χ1v) is 7.35. The van der Waals surface area contributed by atoms with E-state index in [4.69, 9.17) is 0 Å². The van der Waals surface area contributed by atoms with Gasteiger partial charge >= 0.3 is 0 Å². The second-order valence-electron chi connectivity index (χ2n) is 5.61. The molecule has 0 bridgehead atoms. The van der Waals surface area contributed by atoms with Crippen LogP contribution in [0.2, 0.25) is 0 Å². The maximum absolute atomic E-state index is 3.80. The van der Waals surface area contributed by atoms with Crippen molar-refractivity contribution >= 4 is 11.8 Å². The van der Waals surface area contributed by atoms with E-state index in [0.29, 0.717) is 12.0 Å². The van der Waals surface area contributed by atoms with E-state index in [2.05, 4.69) is 67.4 Å². The zero-order valence-electron chi connectivity index (χ0n) is 12.0. The van der Waals surface area contributed by atoms with Gasteiger partial charge in [0.1, 0.15) is 0 Å². The second-order valence-corrected chi connectivity index (χ2v) is 5.61. The lowest BCUT2D eigenvalue weighted by atomic mass is 9.89. The molecule has 0 saturated heterocycles. The number of fused-ring (bicyclic) bond motifs is 1. The van der Waals surface area contributed by atoms with Gasteiger partial charge in [-0.15, -0.1) is 0 Å². The van der Waals surface area contributed by atoms with Gasteiger partial charge in [0.2, 0.25) is 0 Å². The summed E-state index contributed by atoms with van der Waals surface area (Å²) < 4.78 is 0. The first-order valence-electron chi connectivity index (χ1n) is 7.35. The minimum Gasteiger partial charge on any atom is -0.382 e. The fraction of sp³-hybridized carbons (Fsp3) is 0.263. The van der Waals surface area contributed by atoms with Crippen molar-refractivity contribution in [1.82, 2.24) is 0 Å². The van der Waals surface area contributed by atoms with Gasteiger partial charge in [-0.25, -0.2) is 0 Å². The molecular formula is C19H21N. The van der Waals surface area contributed by atoms with Crippen LogP contribution in [-0.4, -0.2) is 6.04 Å². The Morgan fingerprint density at radius 3 is 2.60 bits per heavy atom. The van der Waals surface area contributed by atoms with Crippen LogP contribution in [0.5, 0.6) is 0 Å². The predicted molar refractivity (Wildman–Crippen MR) is 87.1 cm³/mol. The normalized spacial score (nSPS) is 20.2. The standard InChI is InChI=1S/C19H21N/c1-3-15-8-10-16(11-9-15)12-13-17-14(2)20-19-7-5-4-6-18(17)19/h3-11,14,17,20H,1,12-13H2,2H3. The number of benzene rings is 2. The SMILES string of the molecule is C=Cc1ccc(CCC2c3ccccc3NC2C)cc1. The molecule has 1 aliphatic rings. The summed E-state index contributed by atoms with van der Waals surface area (Å²) in [7, 11) is 0. The zero-order valence-corrected chi connectivity index (χ0v) is 12.0. The van der Waals surface area contributed by atoms with E-state index in [1.165, 1.54) is 28.8 Å². The lowest BCUT2D eigenvalue weighted by Crippen LogP contribution is -2.16. The Morgan fingerprint density at radius 2 is 1.85 bits per heavy atom. The number of anilines is 1. The van der Waals surface area contributed by atoms with Gasteiger partial charge in [-0.3, -0.25) is 0 Å². The maximum Gasteiger partial charge on any atom is 0.0378 e. The Hall–Kier alpha value is -2.02. The number of hydrogen-bond donors (Lipinski definition) is 1. The summed E-state index contributed by atoms with van der Waals surface area (Å²) in [6, 6.07) is 18.0. The molecule has 3 rings (SSSR count). The molecule has 102 valence electrons. The minimum absolute atomic E-state index is 0.528. The highest BCUT2D eigenvalue weighted by Gasteiger charge is 2.27. The van der Waals surface area contributed by atoms with Gasteiger partial charge in [0.15, 0.2) is 0 Å². The molecule has 0 aliphatic carbocycles. The Bertz CT molecular complexity index is 597. The van der Waals surface area contributed by atoms with Gasteiger partial charge in [0, 0.05) is 17.6 Å². The molecule has 1 heterocycles. The number of nitrogens with one attached hydrogen (secondary N) is 1. The van der Waals surface area contributed by atoms with Crippen LogP contribution in [0.4, 0.5) is 5.69 Å². The van der Waals surface area contributed by atoms with Gasteiger partial charge in [-0.2, -0.15) is 0 Å². The van der Waals surface area contributed by atoms with Crippen molar-refractivity contribution in [2.75, 3.05) is 5.32 Å². The molecular weight excluding hydrogens is 242 g/mol. The Morgan fingerprint density at radius 1 is 1.10 bits per heavy atom. The molecule has 20 heavy (non-hydrogen) atoms. The van der Waals surface area contributed by atoms with Crippen molar-refractivity contribution in [3.05, 3.63) is 71.8 Å². The molecule has 2 unspecified atom stereocenters. The second kappa shape index (κ2) is 5.54. The Kier molecular flexibility index (Phi) is 3.60. The lowest BCUT2D eigenvalue weighted by Gasteiger charge is -2.16. The van der Waals surface area contributed by atoms with E-state index < -0.39 is 0 Å². The van der Waals surface area contributed by atoms with Crippen LogP contribution in [0.25, 0.3) is 6.08 Å². The van der Waals surface area contributed by atoms with Crippen LogP contribution in [-0.2, 0) is 6.42 Å². The fourth-order valence-electron chi connectivity index (χ4n) is 3.12. The average Bonchev–Trinajstić information content (AvgIpc) is 2.81. The van der Waals surface area contributed by atoms with Gasteiger partial charge < -0.3 is 5.32 Å². The maximum atomic E-state index is 3.80. The van der Waals surface area contributed by atoms with E-state index >= 15 is 0 Å². The fourth-order valence-corrected chi connectivity index (χ4v) is 3.12. The minimum atomic E-state index is 0.528.